The van der Waals surface area contributed by atoms with Crippen LogP contribution in [0.1, 0.15) is 20.3 Å². The summed E-state index contributed by atoms with van der Waals surface area (Å²) in [6.45, 7) is 5.33. The van der Waals surface area contributed by atoms with Gasteiger partial charge in [0.2, 0.25) is 5.95 Å². The average Bonchev–Trinajstić information content (AvgIpc) is 2.48. The van der Waals surface area contributed by atoms with E-state index in [0.29, 0.717) is 11.9 Å². The van der Waals surface area contributed by atoms with Gasteiger partial charge in [0, 0.05) is 18.4 Å². The molecule has 2 aromatic rings. The summed E-state index contributed by atoms with van der Waals surface area (Å²) in [7, 11) is 1.65. The van der Waals surface area contributed by atoms with E-state index in [1.807, 2.05) is 30.3 Å². The number of nitrogens with one attached hydrogen (secondary N) is 2. The summed E-state index contributed by atoms with van der Waals surface area (Å²) in [5.74, 6) is 2.91. The highest BCUT2D eigenvalue weighted by molar-refractivity contribution is 5.55. The Morgan fingerprint density at radius 3 is 2.57 bits per heavy atom. The molecule has 21 heavy (non-hydrogen) atoms. The molecule has 0 atom stereocenters. The van der Waals surface area contributed by atoms with Gasteiger partial charge in [-0.15, -0.1) is 0 Å². The van der Waals surface area contributed by atoms with Gasteiger partial charge in [-0.05, 0) is 42.7 Å². The minimum absolute atomic E-state index is 0.578. The SMILES string of the molecule is COc1ccc(Nc2nccc(NCCC(C)C)n2)cc1. The number of benzene rings is 1. The zero-order valence-corrected chi connectivity index (χ0v) is 12.8. The van der Waals surface area contributed by atoms with Gasteiger partial charge in [0.1, 0.15) is 11.6 Å². The molecule has 1 aromatic heterocycles. The lowest BCUT2D eigenvalue weighted by Crippen LogP contribution is -2.07. The first kappa shape index (κ1) is 15.1. The van der Waals surface area contributed by atoms with Crippen LogP contribution in [0.5, 0.6) is 5.75 Å². The minimum atomic E-state index is 0.578. The molecule has 1 heterocycles. The fraction of sp³-hybridized carbons (Fsp3) is 0.375. The number of methoxy groups -OCH3 is 1. The maximum atomic E-state index is 5.13. The van der Waals surface area contributed by atoms with E-state index in [0.717, 1.165) is 30.2 Å². The molecule has 0 saturated heterocycles. The monoisotopic (exact) mass is 286 g/mol. The Labute approximate surface area is 125 Å². The zero-order chi connectivity index (χ0) is 15.1. The number of hydrogen-bond acceptors (Lipinski definition) is 5. The average molecular weight is 286 g/mol. The number of aromatic nitrogens is 2. The summed E-state index contributed by atoms with van der Waals surface area (Å²) in [6, 6.07) is 9.53. The lowest BCUT2D eigenvalue weighted by molar-refractivity contribution is 0.415. The highest BCUT2D eigenvalue weighted by Crippen LogP contribution is 2.18. The fourth-order valence-corrected chi connectivity index (χ4v) is 1.81. The van der Waals surface area contributed by atoms with Crippen molar-refractivity contribution >= 4 is 17.5 Å². The smallest absolute Gasteiger partial charge is 0.229 e. The van der Waals surface area contributed by atoms with E-state index in [-0.39, 0.29) is 0 Å². The van der Waals surface area contributed by atoms with Crippen LogP contribution < -0.4 is 15.4 Å². The van der Waals surface area contributed by atoms with Gasteiger partial charge in [0.25, 0.3) is 0 Å². The highest BCUT2D eigenvalue weighted by atomic mass is 16.5. The molecule has 0 aliphatic rings. The first-order valence-corrected chi connectivity index (χ1v) is 7.15. The second-order valence-corrected chi connectivity index (χ2v) is 5.23. The zero-order valence-electron chi connectivity index (χ0n) is 12.8. The Bertz CT molecular complexity index is 554. The maximum absolute atomic E-state index is 5.13. The van der Waals surface area contributed by atoms with Gasteiger partial charge in [-0.25, -0.2) is 4.98 Å². The molecule has 2 N–H and O–H groups in total. The van der Waals surface area contributed by atoms with E-state index >= 15 is 0 Å². The van der Waals surface area contributed by atoms with Crippen LogP contribution in [0.4, 0.5) is 17.5 Å². The maximum Gasteiger partial charge on any atom is 0.229 e. The predicted octanol–water partition coefficient (Wildman–Crippen LogP) is 3.69. The number of ether oxygens (including phenoxy) is 1. The third-order valence-electron chi connectivity index (χ3n) is 3.03. The molecule has 5 nitrogen and oxygen atoms in total. The standard InChI is InChI=1S/C16H22N4O/c1-12(2)8-10-17-15-9-11-18-16(20-15)19-13-4-6-14(21-3)7-5-13/h4-7,9,11-12H,8,10H2,1-3H3,(H2,17,18,19,20). The molecule has 0 spiro atoms. The quantitative estimate of drug-likeness (QED) is 0.813. The van der Waals surface area contributed by atoms with Gasteiger partial charge in [-0.2, -0.15) is 4.98 Å². The largest absolute Gasteiger partial charge is 0.497 e. The van der Waals surface area contributed by atoms with E-state index in [2.05, 4.69) is 34.4 Å². The van der Waals surface area contributed by atoms with Crippen LogP contribution in [0.3, 0.4) is 0 Å². The number of nitrogens with zero attached hydrogens (tertiary/aromatic N) is 2. The molecular weight excluding hydrogens is 264 g/mol. The Morgan fingerprint density at radius 2 is 1.90 bits per heavy atom. The number of anilines is 3. The van der Waals surface area contributed by atoms with Crippen LogP contribution in [-0.2, 0) is 0 Å². The van der Waals surface area contributed by atoms with E-state index < -0.39 is 0 Å². The van der Waals surface area contributed by atoms with Crippen molar-refractivity contribution in [1.82, 2.24) is 9.97 Å². The van der Waals surface area contributed by atoms with E-state index in [4.69, 9.17) is 4.74 Å². The molecule has 5 heteroatoms. The van der Waals surface area contributed by atoms with E-state index in [9.17, 15) is 0 Å². The third kappa shape index (κ3) is 4.95. The summed E-state index contributed by atoms with van der Waals surface area (Å²) in [5.41, 5.74) is 0.926. The lowest BCUT2D eigenvalue weighted by atomic mass is 10.1. The van der Waals surface area contributed by atoms with Crippen molar-refractivity contribution in [3.05, 3.63) is 36.5 Å². The van der Waals surface area contributed by atoms with Gasteiger partial charge >= 0.3 is 0 Å². The number of hydrogen-bond donors (Lipinski definition) is 2. The summed E-state index contributed by atoms with van der Waals surface area (Å²) in [5, 5.41) is 6.49. The highest BCUT2D eigenvalue weighted by Gasteiger charge is 2.01. The Hall–Kier alpha value is -2.30. The molecule has 0 aliphatic heterocycles. The first-order valence-electron chi connectivity index (χ1n) is 7.15. The molecule has 0 unspecified atom stereocenters. The van der Waals surface area contributed by atoms with Gasteiger partial charge < -0.3 is 15.4 Å². The van der Waals surface area contributed by atoms with Crippen LogP contribution in [0, 0.1) is 5.92 Å². The van der Waals surface area contributed by atoms with Crippen LogP contribution in [0.25, 0.3) is 0 Å². The van der Waals surface area contributed by atoms with Crippen molar-refractivity contribution in [3.63, 3.8) is 0 Å². The Balaban J connectivity index is 1.96. The number of rotatable bonds is 7. The summed E-state index contributed by atoms with van der Waals surface area (Å²) in [6.07, 6.45) is 2.86. The van der Waals surface area contributed by atoms with Crippen molar-refractivity contribution in [1.29, 1.82) is 0 Å². The molecular formula is C16H22N4O. The van der Waals surface area contributed by atoms with E-state index in [1.165, 1.54) is 0 Å². The van der Waals surface area contributed by atoms with Gasteiger partial charge in [0.05, 0.1) is 7.11 Å². The van der Waals surface area contributed by atoms with Crippen molar-refractivity contribution in [2.75, 3.05) is 24.3 Å². The molecule has 112 valence electrons. The summed E-state index contributed by atoms with van der Waals surface area (Å²) < 4.78 is 5.13. The molecule has 0 bridgehead atoms. The van der Waals surface area contributed by atoms with Crippen molar-refractivity contribution < 1.29 is 4.74 Å². The lowest BCUT2D eigenvalue weighted by Gasteiger charge is -2.09. The Morgan fingerprint density at radius 1 is 1.14 bits per heavy atom. The molecule has 1 aromatic carbocycles. The van der Waals surface area contributed by atoms with Crippen LogP contribution in [-0.4, -0.2) is 23.6 Å². The van der Waals surface area contributed by atoms with Crippen molar-refractivity contribution in [2.45, 2.75) is 20.3 Å². The Kier molecular flexibility index (Phi) is 5.37. The topological polar surface area (TPSA) is 59.1 Å². The summed E-state index contributed by atoms with van der Waals surface area (Å²) in [4.78, 5) is 8.67. The van der Waals surface area contributed by atoms with Gasteiger partial charge in [-0.1, -0.05) is 13.8 Å². The normalized spacial score (nSPS) is 10.5. The van der Waals surface area contributed by atoms with Crippen LogP contribution >= 0.6 is 0 Å². The third-order valence-corrected chi connectivity index (χ3v) is 3.03. The second kappa shape index (κ2) is 7.47. The molecule has 0 aliphatic carbocycles. The minimum Gasteiger partial charge on any atom is -0.497 e. The molecule has 0 radical (unpaired) electrons. The van der Waals surface area contributed by atoms with Crippen molar-refractivity contribution in [3.8, 4) is 5.75 Å². The molecule has 2 rings (SSSR count). The van der Waals surface area contributed by atoms with Gasteiger partial charge in [-0.3, -0.25) is 0 Å². The second-order valence-electron chi connectivity index (χ2n) is 5.23. The molecule has 0 saturated carbocycles. The van der Waals surface area contributed by atoms with Gasteiger partial charge in [0.15, 0.2) is 0 Å². The molecule has 0 fully saturated rings. The fourth-order valence-electron chi connectivity index (χ4n) is 1.81. The van der Waals surface area contributed by atoms with Crippen LogP contribution in [0.2, 0.25) is 0 Å². The van der Waals surface area contributed by atoms with E-state index in [1.54, 1.807) is 13.3 Å². The molecule has 0 amide bonds. The first-order chi connectivity index (χ1) is 10.2. The summed E-state index contributed by atoms with van der Waals surface area (Å²) >= 11 is 0. The van der Waals surface area contributed by atoms with Crippen LogP contribution in [0.15, 0.2) is 36.5 Å². The predicted molar refractivity (Wildman–Crippen MR) is 86.3 cm³/mol. The van der Waals surface area contributed by atoms with Crippen molar-refractivity contribution in [2.24, 2.45) is 5.92 Å².